The Morgan fingerprint density at radius 2 is 1.94 bits per heavy atom. The molecule has 16 heavy (non-hydrogen) atoms. The van der Waals surface area contributed by atoms with E-state index >= 15 is 0 Å². The Bertz CT molecular complexity index is 255. The predicted octanol–water partition coefficient (Wildman–Crippen LogP) is 0.687. The highest BCUT2D eigenvalue weighted by Gasteiger charge is 2.13. The molecule has 0 aliphatic carbocycles. The van der Waals surface area contributed by atoms with E-state index in [-0.39, 0.29) is 0 Å². The molecule has 0 aromatic rings. The average Bonchev–Trinajstić information content (AvgIpc) is 2.24. The first-order valence-corrected chi connectivity index (χ1v) is 6.03. The van der Waals surface area contributed by atoms with Gasteiger partial charge in [0.25, 0.3) is 0 Å². The van der Waals surface area contributed by atoms with E-state index in [2.05, 4.69) is 4.74 Å². The van der Waals surface area contributed by atoms with E-state index in [1.54, 1.807) is 19.3 Å². The smallest absolute Gasteiger partial charge is 0.331 e. The van der Waals surface area contributed by atoms with Gasteiger partial charge >= 0.3 is 11.9 Å². The van der Waals surface area contributed by atoms with Gasteiger partial charge in [-0.3, -0.25) is 4.79 Å². The summed E-state index contributed by atoms with van der Waals surface area (Å²) in [6, 6.07) is -0.670. The molecule has 0 saturated carbocycles. The van der Waals surface area contributed by atoms with Gasteiger partial charge in [0.05, 0.1) is 13.2 Å². The summed E-state index contributed by atoms with van der Waals surface area (Å²) in [4.78, 5) is 22.0. The summed E-state index contributed by atoms with van der Waals surface area (Å²) < 4.78 is 9.40. The third kappa shape index (κ3) is 7.30. The van der Waals surface area contributed by atoms with Crippen LogP contribution in [0.3, 0.4) is 0 Å². The Morgan fingerprint density at radius 1 is 1.31 bits per heavy atom. The number of carbonyl (C=O) groups is 2. The standard InChI is InChI=1S/C10H17NO4S/c1-3-14-9(12)5-6-16-7-8(11)10(13)15-4-2/h5-6,8H,3-4,7,11H2,1-2H3/b6-5+. The molecule has 2 N–H and O–H groups in total. The lowest BCUT2D eigenvalue weighted by atomic mass is 10.4. The van der Waals surface area contributed by atoms with E-state index in [0.29, 0.717) is 19.0 Å². The highest BCUT2D eigenvalue weighted by molar-refractivity contribution is 8.02. The molecule has 0 fully saturated rings. The number of hydrogen-bond donors (Lipinski definition) is 1. The average molecular weight is 247 g/mol. The van der Waals surface area contributed by atoms with E-state index in [0.717, 1.165) is 0 Å². The van der Waals surface area contributed by atoms with Crippen LogP contribution in [0.1, 0.15) is 13.8 Å². The van der Waals surface area contributed by atoms with Crippen LogP contribution >= 0.6 is 11.8 Å². The minimum absolute atomic E-state index is 0.315. The summed E-state index contributed by atoms with van der Waals surface area (Å²) in [6.07, 6.45) is 1.30. The fourth-order valence-corrected chi connectivity index (χ4v) is 1.43. The maximum absolute atomic E-state index is 11.1. The van der Waals surface area contributed by atoms with Crippen LogP contribution in [-0.2, 0) is 19.1 Å². The molecule has 0 aromatic carbocycles. The molecule has 0 radical (unpaired) electrons. The van der Waals surface area contributed by atoms with Gasteiger partial charge in [-0.2, -0.15) is 0 Å². The quantitative estimate of drug-likeness (QED) is 0.526. The van der Waals surface area contributed by atoms with E-state index in [1.165, 1.54) is 17.8 Å². The fourth-order valence-electron chi connectivity index (χ4n) is 0.771. The van der Waals surface area contributed by atoms with Crippen molar-refractivity contribution in [1.82, 2.24) is 0 Å². The van der Waals surface area contributed by atoms with Crippen molar-refractivity contribution in [3.8, 4) is 0 Å². The third-order valence-electron chi connectivity index (χ3n) is 1.45. The van der Waals surface area contributed by atoms with Crippen molar-refractivity contribution in [2.45, 2.75) is 19.9 Å². The normalized spacial score (nSPS) is 12.4. The fraction of sp³-hybridized carbons (Fsp3) is 0.600. The summed E-state index contributed by atoms with van der Waals surface area (Å²) in [5.41, 5.74) is 5.53. The number of rotatable bonds is 7. The van der Waals surface area contributed by atoms with Gasteiger partial charge in [0, 0.05) is 11.8 Å². The van der Waals surface area contributed by atoms with Crippen molar-refractivity contribution < 1.29 is 19.1 Å². The summed E-state index contributed by atoms with van der Waals surface area (Å²) in [5.74, 6) is -0.464. The number of hydrogen-bond acceptors (Lipinski definition) is 6. The van der Waals surface area contributed by atoms with E-state index in [1.807, 2.05) is 0 Å². The second kappa shape index (κ2) is 9.23. The number of ether oxygens (including phenoxy) is 2. The summed E-state index contributed by atoms with van der Waals surface area (Å²) >= 11 is 1.26. The van der Waals surface area contributed by atoms with E-state index in [4.69, 9.17) is 10.5 Å². The number of nitrogens with two attached hydrogens (primary N) is 1. The lowest BCUT2D eigenvalue weighted by molar-refractivity contribution is -0.144. The SMILES string of the molecule is CCOC(=O)/C=C/SCC(N)C(=O)OCC. The molecule has 92 valence electrons. The molecule has 0 aromatic heterocycles. The first-order valence-electron chi connectivity index (χ1n) is 4.98. The summed E-state index contributed by atoms with van der Waals surface area (Å²) in [6.45, 7) is 4.11. The summed E-state index contributed by atoms with van der Waals surface area (Å²) in [5, 5.41) is 1.55. The van der Waals surface area contributed by atoms with Gasteiger partial charge in [0.15, 0.2) is 0 Å². The second-order valence-corrected chi connectivity index (χ2v) is 3.69. The highest BCUT2D eigenvalue weighted by atomic mass is 32.2. The monoisotopic (exact) mass is 247 g/mol. The van der Waals surface area contributed by atoms with Crippen molar-refractivity contribution in [1.29, 1.82) is 0 Å². The molecule has 0 spiro atoms. The minimum atomic E-state index is -0.670. The largest absolute Gasteiger partial charge is 0.465 e. The van der Waals surface area contributed by atoms with Crippen molar-refractivity contribution >= 4 is 23.7 Å². The lowest BCUT2D eigenvalue weighted by Crippen LogP contribution is -2.34. The molecule has 0 aliphatic heterocycles. The van der Waals surface area contributed by atoms with E-state index < -0.39 is 18.0 Å². The summed E-state index contributed by atoms with van der Waals surface area (Å²) in [7, 11) is 0. The van der Waals surface area contributed by atoms with Gasteiger partial charge in [-0.15, -0.1) is 11.8 Å². The van der Waals surface area contributed by atoms with Gasteiger partial charge in [0.1, 0.15) is 6.04 Å². The van der Waals surface area contributed by atoms with Gasteiger partial charge in [-0.05, 0) is 19.3 Å². The van der Waals surface area contributed by atoms with Gasteiger partial charge < -0.3 is 15.2 Å². The van der Waals surface area contributed by atoms with Gasteiger partial charge in [-0.1, -0.05) is 0 Å². The zero-order valence-corrected chi connectivity index (χ0v) is 10.3. The molecule has 0 heterocycles. The third-order valence-corrected chi connectivity index (χ3v) is 2.33. The van der Waals surface area contributed by atoms with Crippen LogP contribution in [0.2, 0.25) is 0 Å². The molecule has 1 atom stereocenters. The maximum Gasteiger partial charge on any atom is 0.331 e. The van der Waals surface area contributed by atoms with Gasteiger partial charge in [-0.25, -0.2) is 4.79 Å². The maximum atomic E-state index is 11.1. The Hall–Kier alpha value is -1.01. The van der Waals surface area contributed by atoms with Crippen LogP contribution < -0.4 is 5.73 Å². The minimum Gasteiger partial charge on any atom is -0.465 e. The topological polar surface area (TPSA) is 78.6 Å². The van der Waals surface area contributed by atoms with Crippen molar-refractivity contribution in [3.05, 3.63) is 11.5 Å². The molecule has 0 rings (SSSR count). The van der Waals surface area contributed by atoms with Crippen LogP contribution in [0.15, 0.2) is 11.5 Å². The first kappa shape index (κ1) is 15.0. The Balaban J connectivity index is 3.72. The zero-order valence-electron chi connectivity index (χ0n) is 9.47. The second-order valence-electron chi connectivity index (χ2n) is 2.75. The Labute approximate surface area is 99.3 Å². The molecule has 0 aliphatic rings. The van der Waals surface area contributed by atoms with Crippen molar-refractivity contribution in [2.75, 3.05) is 19.0 Å². The van der Waals surface area contributed by atoms with Gasteiger partial charge in [0.2, 0.25) is 0 Å². The molecule has 0 bridgehead atoms. The molecule has 5 nitrogen and oxygen atoms in total. The Kier molecular flexibility index (Phi) is 8.65. The molecular formula is C10H17NO4S. The lowest BCUT2D eigenvalue weighted by Gasteiger charge is -2.07. The van der Waals surface area contributed by atoms with Crippen molar-refractivity contribution in [2.24, 2.45) is 5.73 Å². The molecule has 6 heteroatoms. The van der Waals surface area contributed by atoms with Crippen molar-refractivity contribution in [3.63, 3.8) is 0 Å². The van der Waals surface area contributed by atoms with Crippen LogP contribution in [0.5, 0.6) is 0 Å². The van der Waals surface area contributed by atoms with Crippen LogP contribution in [0.25, 0.3) is 0 Å². The van der Waals surface area contributed by atoms with Crippen LogP contribution in [-0.4, -0.2) is 36.9 Å². The predicted molar refractivity (Wildman–Crippen MR) is 62.8 cm³/mol. The van der Waals surface area contributed by atoms with Crippen LogP contribution in [0, 0.1) is 0 Å². The van der Waals surface area contributed by atoms with E-state index in [9.17, 15) is 9.59 Å². The molecular weight excluding hydrogens is 230 g/mol. The van der Waals surface area contributed by atoms with Crippen LogP contribution in [0.4, 0.5) is 0 Å². The molecule has 0 amide bonds. The number of thioether (sulfide) groups is 1. The Morgan fingerprint density at radius 3 is 2.50 bits per heavy atom. The number of esters is 2. The molecule has 1 unspecified atom stereocenters. The number of carbonyl (C=O) groups excluding carboxylic acids is 2. The molecule has 0 saturated heterocycles. The highest BCUT2D eigenvalue weighted by Crippen LogP contribution is 2.04. The first-order chi connectivity index (χ1) is 7.61. The zero-order chi connectivity index (χ0) is 12.4.